The van der Waals surface area contributed by atoms with E-state index in [1.165, 1.54) is 4.90 Å². The molecule has 0 radical (unpaired) electrons. The van der Waals surface area contributed by atoms with Crippen molar-refractivity contribution in [2.75, 3.05) is 5.73 Å². The van der Waals surface area contributed by atoms with Crippen LogP contribution in [0.15, 0.2) is 58.5 Å². The first-order chi connectivity index (χ1) is 6.84. The molecule has 0 saturated carbocycles. The van der Waals surface area contributed by atoms with Gasteiger partial charge in [0.2, 0.25) is 0 Å². The maximum Gasteiger partial charge on any atom is 0.124 e. The molecule has 0 aliphatic rings. The molecule has 1 aromatic heterocycles. The molecule has 3 heteroatoms. The summed E-state index contributed by atoms with van der Waals surface area (Å²) < 4.78 is 0. The van der Waals surface area contributed by atoms with Gasteiger partial charge in [-0.2, -0.15) is 0 Å². The summed E-state index contributed by atoms with van der Waals surface area (Å²) in [5.74, 6) is 0.561. The maximum absolute atomic E-state index is 5.59. The predicted molar refractivity (Wildman–Crippen MR) is 59.2 cm³/mol. The molecule has 0 fully saturated rings. The third-order valence-corrected chi connectivity index (χ3v) is 2.66. The number of pyridine rings is 1. The minimum Gasteiger partial charge on any atom is -0.384 e. The van der Waals surface area contributed by atoms with Crippen LogP contribution in [0.4, 0.5) is 5.82 Å². The van der Waals surface area contributed by atoms with Crippen molar-refractivity contribution in [3.63, 3.8) is 0 Å². The molecule has 2 aromatic rings. The van der Waals surface area contributed by atoms with Gasteiger partial charge in [-0.1, -0.05) is 36.0 Å². The highest BCUT2D eigenvalue weighted by molar-refractivity contribution is 7.99. The Labute approximate surface area is 87.2 Å². The number of rotatable bonds is 2. The monoisotopic (exact) mass is 202 g/mol. The zero-order chi connectivity index (χ0) is 9.80. The molecule has 2 N–H and O–H groups in total. The van der Waals surface area contributed by atoms with Crippen LogP contribution in [0.3, 0.4) is 0 Å². The molecule has 1 aromatic carbocycles. The zero-order valence-corrected chi connectivity index (χ0v) is 8.37. The Morgan fingerprint density at radius 2 is 1.71 bits per heavy atom. The number of anilines is 1. The maximum atomic E-state index is 5.59. The number of benzene rings is 1. The normalized spacial score (nSPS) is 10.0. The predicted octanol–water partition coefficient (Wildman–Crippen LogP) is 2.82. The van der Waals surface area contributed by atoms with Crippen molar-refractivity contribution in [1.29, 1.82) is 0 Å². The van der Waals surface area contributed by atoms with Crippen molar-refractivity contribution < 1.29 is 0 Å². The van der Waals surface area contributed by atoms with Gasteiger partial charge in [0.05, 0.1) is 0 Å². The summed E-state index contributed by atoms with van der Waals surface area (Å²) in [5.41, 5.74) is 5.59. The van der Waals surface area contributed by atoms with Crippen molar-refractivity contribution in [3.8, 4) is 0 Å². The van der Waals surface area contributed by atoms with E-state index in [0.717, 1.165) is 5.03 Å². The van der Waals surface area contributed by atoms with Crippen LogP contribution >= 0.6 is 11.8 Å². The van der Waals surface area contributed by atoms with Gasteiger partial charge in [0, 0.05) is 4.90 Å². The van der Waals surface area contributed by atoms with E-state index < -0.39 is 0 Å². The molecule has 2 rings (SSSR count). The van der Waals surface area contributed by atoms with Crippen LogP contribution < -0.4 is 5.73 Å². The number of nitrogens with two attached hydrogens (primary N) is 1. The van der Waals surface area contributed by atoms with E-state index in [2.05, 4.69) is 17.1 Å². The van der Waals surface area contributed by atoms with E-state index in [0.29, 0.717) is 5.82 Å². The minimum atomic E-state index is 0.561. The van der Waals surface area contributed by atoms with Crippen molar-refractivity contribution in [3.05, 3.63) is 48.5 Å². The van der Waals surface area contributed by atoms with Gasteiger partial charge in [0.25, 0.3) is 0 Å². The summed E-state index contributed by atoms with van der Waals surface area (Å²) in [5, 5.41) is 0.927. The molecule has 0 amide bonds. The smallest absolute Gasteiger partial charge is 0.124 e. The quantitative estimate of drug-likeness (QED) is 0.813. The third kappa shape index (κ3) is 2.26. The highest BCUT2D eigenvalue weighted by Crippen LogP contribution is 2.25. The lowest BCUT2D eigenvalue weighted by Gasteiger charge is -2.00. The molecule has 0 bridgehead atoms. The van der Waals surface area contributed by atoms with Gasteiger partial charge in [-0.25, -0.2) is 4.98 Å². The summed E-state index contributed by atoms with van der Waals surface area (Å²) >= 11 is 1.61. The summed E-state index contributed by atoms with van der Waals surface area (Å²) in [4.78, 5) is 5.38. The van der Waals surface area contributed by atoms with Crippen LogP contribution in [0.2, 0.25) is 0 Å². The van der Waals surface area contributed by atoms with E-state index in [-0.39, 0.29) is 0 Å². The number of aromatic nitrogens is 1. The molecular formula is C11H10N2S. The summed E-state index contributed by atoms with van der Waals surface area (Å²) in [6.45, 7) is 0. The highest BCUT2D eigenvalue weighted by atomic mass is 32.2. The van der Waals surface area contributed by atoms with Gasteiger partial charge >= 0.3 is 0 Å². The van der Waals surface area contributed by atoms with Crippen LogP contribution in [0, 0.1) is 0 Å². The van der Waals surface area contributed by atoms with Crippen LogP contribution in [0.25, 0.3) is 0 Å². The Kier molecular flexibility index (Phi) is 2.70. The van der Waals surface area contributed by atoms with Gasteiger partial charge in [-0.05, 0) is 24.3 Å². The van der Waals surface area contributed by atoms with Crippen molar-refractivity contribution in [1.82, 2.24) is 4.98 Å². The van der Waals surface area contributed by atoms with E-state index in [1.54, 1.807) is 17.8 Å². The van der Waals surface area contributed by atoms with Gasteiger partial charge in [0.1, 0.15) is 10.8 Å². The van der Waals surface area contributed by atoms with E-state index in [1.807, 2.05) is 30.3 Å². The lowest BCUT2D eigenvalue weighted by atomic mass is 10.4. The number of nitrogen functional groups attached to an aromatic ring is 1. The Hall–Kier alpha value is -1.48. The second-order valence-electron chi connectivity index (χ2n) is 2.82. The first kappa shape index (κ1) is 9.09. The molecule has 0 unspecified atom stereocenters. The fourth-order valence-electron chi connectivity index (χ4n) is 1.10. The molecule has 0 aliphatic carbocycles. The van der Waals surface area contributed by atoms with Crippen LogP contribution in [-0.2, 0) is 0 Å². The lowest BCUT2D eigenvalue weighted by molar-refractivity contribution is 1.14. The Morgan fingerprint density at radius 1 is 0.929 bits per heavy atom. The molecule has 70 valence electrons. The Morgan fingerprint density at radius 3 is 2.43 bits per heavy atom. The highest BCUT2D eigenvalue weighted by Gasteiger charge is 1.97. The molecule has 0 atom stereocenters. The van der Waals surface area contributed by atoms with Gasteiger partial charge in [-0.15, -0.1) is 0 Å². The number of hydrogen-bond acceptors (Lipinski definition) is 3. The second-order valence-corrected chi connectivity index (χ2v) is 3.91. The summed E-state index contributed by atoms with van der Waals surface area (Å²) in [7, 11) is 0. The zero-order valence-electron chi connectivity index (χ0n) is 7.55. The average molecular weight is 202 g/mol. The fraction of sp³-hybridized carbons (Fsp3) is 0. The summed E-state index contributed by atoms with van der Waals surface area (Å²) in [6, 6.07) is 15.8. The van der Waals surface area contributed by atoms with Crippen molar-refractivity contribution in [2.45, 2.75) is 9.92 Å². The number of nitrogens with zero attached hydrogens (tertiary/aromatic N) is 1. The second kappa shape index (κ2) is 4.15. The van der Waals surface area contributed by atoms with Crippen molar-refractivity contribution >= 4 is 17.6 Å². The SMILES string of the molecule is Nc1cccc(Sc2ccccc2)n1. The lowest BCUT2D eigenvalue weighted by Crippen LogP contribution is -1.89. The molecule has 2 nitrogen and oxygen atoms in total. The topological polar surface area (TPSA) is 38.9 Å². The molecule has 0 saturated heterocycles. The molecule has 0 spiro atoms. The first-order valence-electron chi connectivity index (χ1n) is 4.30. The van der Waals surface area contributed by atoms with Gasteiger partial charge in [0.15, 0.2) is 0 Å². The van der Waals surface area contributed by atoms with Gasteiger partial charge in [-0.3, -0.25) is 0 Å². The standard InChI is InChI=1S/C11H10N2S/c12-10-7-4-8-11(13-10)14-9-5-2-1-3-6-9/h1-8H,(H2,12,13). The largest absolute Gasteiger partial charge is 0.384 e. The average Bonchev–Trinajstić information content (AvgIpc) is 2.19. The van der Waals surface area contributed by atoms with Crippen molar-refractivity contribution in [2.24, 2.45) is 0 Å². The van der Waals surface area contributed by atoms with Crippen LogP contribution in [0.5, 0.6) is 0 Å². The first-order valence-corrected chi connectivity index (χ1v) is 5.12. The summed E-state index contributed by atoms with van der Waals surface area (Å²) in [6.07, 6.45) is 0. The number of hydrogen-bond donors (Lipinski definition) is 1. The molecule has 1 heterocycles. The van der Waals surface area contributed by atoms with Crippen LogP contribution in [-0.4, -0.2) is 4.98 Å². The van der Waals surface area contributed by atoms with Gasteiger partial charge < -0.3 is 5.73 Å². The molecular weight excluding hydrogens is 192 g/mol. The molecule has 14 heavy (non-hydrogen) atoms. The molecule has 0 aliphatic heterocycles. The van der Waals surface area contributed by atoms with E-state index >= 15 is 0 Å². The Balaban J connectivity index is 2.19. The fourth-order valence-corrected chi connectivity index (χ4v) is 1.93. The van der Waals surface area contributed by atoms with E-state index in [4.69, 9.17) is 5.73 Å². The third-order valence-electron chi connectivity index (χ3n) is 1.71. The minimum absolute atomic E-state index is 0.561. The van der Waals surface area contributed by atoms with Crippen LogP contribution in [0.1, 0.15) is 0 Å². The Bertz CT molecular complexity index is 415. The van der Waals surface area contributed by atoms with E-state index in [9.17, 15) is 0 Å².